The lowest BCUT2D eigenvalue weighted by Gasteiger charge is -2.06. The molecule has 1 aliphatic rings. The Hall–Kier alpha value is -0.0900. The summed E-state index contributed by atoms with van der Waals surface area (Å²) in [4.78, 5) is 0. The minimum atomic E-state index is -2.80. The normalized spacial score (nSPS) is 32.5. The summed E-state index contributed by atoms with van der Waals surface area (Å²) in [6, 6.07) is 0. The minimum absolute atomic E-state index is 0.115. The number of hydrogen-bond acceptors (Lipinski definition) is 3. The molecular weight excluding hydrogens is 162 g/mol. The molecule has 0 aromatic carbocycles. The molecule has 1 aliphatic carbocycles. The Morgan fingerprint density at radius 1 is 1.45 bits per heavy atom. The van der Waals surface area contributed by atoms with Crippen LogP contribution >= 0.6 is 0 Å². The summed E-state index contributed by atoms with van der Waals surface area (Å²) < 4.78 is 22.1. The highest BCUT2D eigenvalue weighted by Gasteiger charge is 2.30. The molecule has 0 aromatic heterocycles. The Morgan fingerprint density at radius 3 is 2.36 bits per heavy atom. The van der Waals surface area contributed by atoms with Crippen LogP contribution in [0.1, 0.15) is 19.3 Å². The van der Waals surface area contributed by atoms with Crippen molar-refractivity contribution in [2.24, 2.45) is 11.7 Å². The van der Waals surface area contributed by atoms with Gasteiger partial charge in [-0.2, -0.15) is 0 Å². The van der Waals surface area contributed by atoms with Crippen molar-refractivity contribution >= 4 is 9.84 Å². The maximum Gasteiger partial charge on any atom is 0.150 e. The smallest absolute Gasteiger partial charge is 0.150 e. The van der Waals surface area contributed by atoms with E-state index < -0.39 is 9.84 Å². The summed E-state index contributed by atoms with van der Waals surface area (Å²) in [5.41, 5.74) is 5.44. The molecule has 0 spiro atoms. The van der Waals surface area contributed by atoms with Gasteiger partial charge in [0.1, 0.15) is 9.84 Å². The second kappa shape index (κ2) is 3.11. The van der Waals surface area contributed by atoms with Gasteiger partial charge in [0.2, 0.25) is 0 Å². The molecule has 3 nitrogen and oxygen atoms in total. The third kappa shape index (κ3) is 2.17. The van der Waals surface area contributed by atoms with Crippen LogP contribution < -0.4 is 5.73 Å². The average Bonchev–Trinajstić information content (AvgIpc) is 2.32. The molecule has 0 bridgehead atoms. The highest BCUT2D eigenvalue weighted by molar-refractivity contribution is 7.91. The summed E-state index contributed by atoms with van der Waals surface area (Å²) in [5.74, 6) is 0.440. The molecule has 0 saturated heterocycles. The van der Waals surface area contributed by atoms with E-state index in [1.807, 2.05) is 0 Å². The van der Waals surface area contributed by atoms with Gasteiger partial charge in [-0.3, -0.25) is 0 Å². The molecule has 0 aliphatic heterocycles. The Bertz CT molecular complexity index is 223. The average molecular weight is 177 g/mol. The van der Waals surface area contributed by atoms with Gasteiger partial charge in [0, 0.05) is 6.26 Å². The first-order chi connectivity index (χ1) is 5.04. The molecule has 2 atom stereocenters. The van der Waals surface area contributed by atoms with Crippen LogP contribution in [-0.2, 0) is 9.84 Å². The molecule has 0 amide bonds. The van der Waals surface area contributed by atoms with Crippen LogP contribution in [0.25, 0.3) is 0 Å². The van der Waals surface area contributed by atoms with Crippen molar-refractivity contribution in [2.75, 3.05) is 12.8 Å². The molecule has 66 valence electrons. The van der Waals surface area contributed by atoms with Gasteiger partial charge in [-0.25, -0.2) is 8.42 Å². The number of nitrogens with two attached hydrogens (primary N) is 1. The van der Waals surface area contributed by atoms with Crippen LogP contribution in [0, 0.1) is 5.92 Å². The van der Waals surface area contributed by atoms with E-state index in [1.165, 1.54) is 6.26 Å². The van der Waals surface area contributed by atoms with Crippen LogP contribution in [0.2, 0.25) is 0 Å². The van der Waals surface area contributed by atoms with Crippen LogP contribution in [-0.4, -0.2) is 26.5 Å². The van der Waals surface area contributed by atoms with E-state index >= 15 is 0 Å². The molecule has 0 radical (unpaired) electrons. The summed E-state index contributed by atoms with van der Waals surface area (Å²) in [7, 11) is -2.80. The second-order valence-electron chi connectivity index (χ2n) is 3.37. The van der Waals surface area contributed by atoms with Crippen molar-refractivity contribution in [3.8, 4) is 0 Å². The van der Waals surface area contributed by atoms with Gasteiger partial charge in [-0.15, -0.1) is 0 Å². The highest BCUT2D eigenvalue weighted by atomic mass is 32.2. The van der Waals surface area contributed by atoms with Crippen LogP contribution in [0.5, 0.6) is 0 Å². The Balaban J connectivity index is 2.55. The standard InChI is InChI=1S/C7H15NO2S/c1-11(9,10)7-3-2-6(4-7)5-8/h6-7H,2-5,8H2,1H3/t6-,7+/m0/s1. The zero-order chi connectivity index (χ0) is 8.48. The zero-order valence-corrected chi connectivity index (χ0v) is 7.60. The fourth-order valence-electron chi connectivity index (χ4n) is 1.63. The quantitative estimate of drug-likeness (QED) is 0.653. The van der Waals surface area contributed by atoms with Crippen molar-refractivity contribution in [2.45, 2.75) is 24.5 Å². The van der Waals surface area contributed by atoms with Crippen molar-refractivity contribution < 1.29 is 8.42 Å². The predicted octanol–water partition coefficient (Wildman–Crippen LogP) is 0.158. The van der Waals surface area contributed by atoms with Crippen LogP contribution in [0.3, 0.4) is 0 Å². The summed E-state index contributed by atoms with van der Waals surface area (Å²) in [6.45, 7) is 0.631. The van der Waals surface area contributed by atoms with E-state index in [0.29, 0.717) is 12.5 Å². The second-order valence-corrected chi connectivity index (χ2v) is 5.69. The molecule has 11 heavy (non-hydrogen) atoms. The summed E-state index contributed by atoms with van der Waals surface area (Å²) in [5, 5.41) is -0.115. The topological polar surface area (TPSA) is 60.2 Å². The number of hydrogen-bond donors (Lipinski definition) is 1. The maximum atomic E-state index is 11.1. The molecule has 2 N–H and O–H groups in total. The Morgan fingerprint density at radius 2 is 2.09 bits per heavy atom. The number of sulfone groups is 1. The molecule has 0 aromatic rings. The van der Waals surface area contributed by atoms with Gasteiger partial charge in [-0.05, 0) is 31.7 Å². The van der Waals surface area contributed by atoms with Crippen molar-refractivity contribution in [1.82, 2.24) is 0 Å². The Kier molecular flexibility index (Phi) is 2.54. The third-order valence-corrected chi connectivity index (χ3v) is 4.07. The van der Waals surface area contributed by atoms with Gasteiger partial charge in [0.15, 0.2) is 0 Å². The van der Waals surface area contributed by atoms with Gasteiger partial charge in [0.25, 0.3) is 0 Å². The molecule has 0 heterocycles. The van der Waals surface area contributed by atoms with Crippen molar-refractivity contribution in [1.29, 1.82) is 0 Å². The predicted molar refractivity (Wildman–Crippen MR) is 45.0 cm³/mol. The van der Waals surface area contributed by atoms with E-state index in [2.05, 4.69) is 0 Å². The maximum absolute atomic E-state index is 11.1. The SMILES string of the molecule is CS(=O)(=O)[C@@H]1CC[C@H](CN)C1. The first kappa shape index (κ1) is 9.00. The van der Waals surface area contributed by atoms with Gasteiger partial charge < -0.3 is 5.73 Å². The van der Waals surface area contributed by atoms with Gasteiger partial charge >= 0.3 is 0 Å². The monoisotopic (exact) mass is 177 g/mol. The molecule has 0 unspecified atom stereocenters. The Labute approximate surface area is 67.9 Å². The molecule has 1 rings (SSSR count). The van der Waals surface area contributed by atoms with E-state index in [9.17, 15) is 8.42 Å². The summed E-state index contributed by atoms with van der Waals surface area (Å²) in [6.07, 6.45) is 3.88. The zero-order valence-electron chi connectivity index (χ0n) is 6.79. The molecular formula is C7H15NO2S. The van der Waals surface area contributed by atoms with Crippen molar-refractivity contribution in [3.63, 3.8) is 0 Å². The molecule has 1 saturated carbocycles. The van der Waals surface area contributed by atoms with Gasteiger partial charge in [0.05, 0.1) is 5.25 Å². The highest BCUT2D eigenvalue weighted by Crippen LogP contribution is 2.28. The number of rotatable bonds is 2. The van der Waals surface area contributed by atoms with Crippen LogP contribution in [0.15, 0.2) is 0 Å². The lowest BCUT2D eigenvalue weighted by atomic mass is 10.1. The van der Waals surface area contributed by atoms with E-state index in [0.717, 1.165) is 19.3 Å². The van der Waals surface area contributed by atoms with Crippen LogP contribution in [0.4, 0.5) is 0 Å². The van der Waals surface area contributed by atoms with Crippen molar-refractivity contribution in [3.05, 3.63) is 0 Å². The summed E-state index contributed by atoms with van der Waals surface area (Å²) >= 11 is 0. The molecule has 1 fully saturated rings. The minimum Gasteiger partial charge on any atom is -0.330 e. The van der Waals surface area contributed by atoms with E-state index in [4.69, 9.17) is 5.73 Å². The first-order valence-corrected chi connectivity index (χ1v) is 5.88. The lowest BCUT2D eigenvalue weighted by molar-refractivity contribution is 0.553. The van der Waals surface area contributed by atoms with E-state index in [1.54, 1.807) is 0 Å². The lowest BCUT2D eigenvalue weighted by Crippen LogP contribution is -2.18. The largest absolute Gasteiger partial charge is 0.330 e. The van der Waals surface area contributed by atoms with Gasteiger partial charge in [-0.1, -0.05) is 0 Å². The fraction of sp³-hybridized carbons (Fsp3) is 1.00. The fourth-order valence-corrected chi connectivity index (χ4v) is 2.82. The third-order valence-electron chi connectivity index (χ3n) is 2.43. The molecule has 4 heteroatoms. The first-order valence-electron chi connectivity index (χ1n) is 3.93. The van der Waals surface area contributed by atoms with E-state index in [-0.39, 0.29) is 5.25 Å².